The van der Waals surface area contributed by atoms with Crippen LogP contribution in [-0.4, -0.2) is 7.63 Å². The first-order valence-corrected chi connectivity index (χ1v) is 21.8. The van der Waals surface area contributed by atoms with Crippen LogP contribution in [0, 0.1) is 11.8 Å². The molecule has 0 saturated carbocycles. The summed E-state index contributed by atoms with van der Waals surface area (Å²) >= 11 is -3.22. The monoisotopic (exact) mass is 574 g/mol. The Morgan fingerprint density at radius 3 is 1.28 bits per heavy atom. The molecule has 0 saturated heterocycles. The molecule has 194 valence electrons. The van der Waals surface area contributed by atoms with Gasteiger partial charge in [0.25, 0.3) is 0 Å². The van der Waals surface area contributed by atoms with Crippen LogP contribution in [0.1, 0.15) is 64.5 Å². The van der Waals surface area contributed by atoms with Crippen molar-refractivity contribution in [3.63, 3.8) is 0 Å². The van der Waals surface area contributed by atoms with Gasteiger partial charge in [-0.25, -0.2) is 0 Å². The van der Waals surface area contributed by atoms with Crippen LogP contribution in [0.4, 0.5) is 0 Å². The van der Waals surface area contributed by atoms with E-state index in [1.54, 1.807) is 18.9 Å². The second-order valence-corrected chi connectivity index (χ2v) is 31.4. The number of hydrogen-bond donors (Lipinski definition) is 0. The molecule has 2 aliphatic carbocycles. The molecule has 2 aromatic rings. The Hall–Kier alpha value is -1.09. The predicted molar refractivity (Wildman–Crippen MR) is 166 cm³/mol. The molecule has 0 nitrogen and oxygen atoms in total. The number of hydrogen-bond acceptors (Lipinski definition) is 0. The van der Waals surface area contributed by atoms with Crippen LogP contribution in [0.5, 0.6) is 0 Å². The molecule has 0 aromatic heterocycles. The number of halogens is 2. The van der Waals surface area contributed by atoms with Crippen LogP contribution in [0.3, 0.4) is 0 Å². The fraction of sp³-hybridized carbons (Fsp3) is 0.375. The van der Waals surface area contributed by atoms with Crippen molar-refractivity contribution in [2.24, 2.45) is 11.8 Å². The van der Waals surface area contributed by atoms with Crippen molar-refractivity contribution in [3.8, 4) is 0 Å². The Balaban J connectivity index is 0.00000228. The molecule has 4 rings (SSSR count). The maximum atomic E-state index is 2.70. The van der Waals surface area contributed by atoms with Gasteiger partial charge in [-0.2, -0.15) is 0 Å². The van der Waals surface area contributed by atoms with Crippen molar-refractivity contribution in [1.82, 2.24) is 0 Å². The van der Waals surface area contributed by atoms with Crippen molar-refractivity contribution >= 4 is 43.6 Å². The second-order valence-electron chi connectivity index (χ2n) is 12.4. The molecule has 2 aromatic carbocycles. The van der Waals surface area contributed by atoms with Gasteiger partial charge in [0.15, 0.2) is 0 Å². The van der Waals surface area contributed by atoms with Crippen LogP contribution >= 0.6 is 24.8 Å². The molecule has 0 spiro atoms. The molecule has 0 aliphatic heterocycles. The first-order chi connectivity index (χ1) is 16.0. The molecule has 0 heterocycles. The van der Waals surface area contributed by atoms with E-state index in [0.29, 0.717) is 11.8 Å². The van der Waals surface area contributed by atoms with E-state index in [-0.39, 0.29) is 24.8 Å². The molecule has 4 heteroatoms. The van der Waals surface area contributed by atoms with Gasteiger partial charge in [-0.15, -0.1) is 24.8 Å². The summed E-state index contributed by atoms with van der Waals surface area (Å²) in [5.41, 5.74) is 9.13. The maximum absolute atomic E-state index is 3.22. The van der Waals surface area contributed by atoms with Gasteiger partial charge in [-0.3, -0.25) is 0 Å². The zero-order chi connectivity index (χ0) is 24.5. The minimum absolute atomic E-state index is 0. The quantitative estimate of drug-likeness (QED) is 0.275. The fourth-order valence-electron chi connectivity index (χ4n) is 6.00. The Morgan fingerprint density at radius 2 is 0.972 bits per heavy atom. The molecule has 0 amide bonds. The summed E-state index contributed by atoms with van der Waals surface area (Å²) in [4.78, 5) is 0. The molecule has 0 N–H and O–H groups in total. The van der Waals surface area contributed by atoms with Crippen molar-refractivity contribution in [2.75, 3.05) is 0 Å². The minimum Gasteiger partial charge on any atom is -0.147 e. The Morgan fingerprint density at radius 1 is 0.639 bits per heavy atom. The standard InChI is InChI=1S/2C15H17.2CH3.2ClH.H2Si.Ti/c2*1-12(2)10-13-8-9-15(11-13)14-6-4-3-5-7-14;;;;;;/h2*3-7,11-12H,8,10H2,1-2H3;2*1H3;2*1H;1H2;. The normalized spacial score (nSPS) is 16.2. The van der Waals surface area contributed by atoms with Gasteiger partial charge >= 0.3 is 211 Å². The second kappa shape index (κ2) is 12.2. The molecule has 0 atom stereocenters. The topological polar surface area (TPSA) is 0 Å². The Kier molecular flexibility index (Phi) is 10.5. The fourth-order valence-corrected chi connectivity index (χ4v) is 15.0. The summed E-state index contributed by atoms with van der Waals surface area (Å²) in [7, 11) is 2.40. The molecular weight excluding hydrogens is 531 g/mol. The first kappa shape index (κ1) is 31.1. The van der Waals surface area contributed by atoms with Gasteiger partial charge in [0.2, 0.25) is 0 Å². The molecule has 0 unspecified atom stereocenters. The summed E-state index contributed by atoms with van der Waals surface area (Å²) < 4.78 is 3.56. The Labute approximate surface area is 234 Å². The average molecular weight is 576 g/mol. The van der Waals surface area contributed by atoms with Gasteiger partial charge < -0.3 is 0 Å². The van der Waals surface area contributed by atoms with Crippen LogP contribution in [0.15, 0.2) is 91.7 Å². The molecule has 0 bridgehead atoms. The van der Waals surface area contributed by atoms with Crippen LogP contribution in [0.25, 0.3) is 11.1 Å². The minimum atomic E-state index is -3.22. The average Bonchev–Trinajstić information content (AvgIpc) is 3.40. The predicted octanol–water partition coefficient (Wildman–Crippen LogP) is 9.74. The molecule has 36 heavy (non-hydrogen) atoms. The van der Waals surface area contributed by atoms with Crippen LogP contribution in [-0.2, 0) is 14.0 Å². The third-order valence-electron chi connectivity index (χ3n) is 7.60. The van der Waals surface area contributed by atoms with Gasteiger partial charge in [0.05, 0.1) is 0 Å². The van der Waals surface area contributed by atoms with Crippen molar-refractivity contribution in [1.29, 1.82) is 0 Å². The zero-order valence-corrected chi connectivity index (χ0v) is 27.5. The largest absolute Gasteiger partial charge is 0.147 e. The molecular formula is C32H44Cl2SiTi. The van der Waals surface area contributed by atoms with Crippen LogP contribution in [0.2, 0.25) is 10.5 Å². The van der Waals surface area contributed by atoms with E-state index in [9.17, 15) is 0 Å². The molecule has 0 fully saturated rings. The maximum Gasteiger partial charge on any atom is -0.147 e. The summed E-state index contributed by atoms with van der Waals surface area (Å²) in [5.74, 6) is 1.39. The Bertz CT molecular complexity index is 1160. The first-order valence-electron chi connectivity index (χ1n) is 13.1. The third kappa shape index (κ3) is 6.66. The van der Waals surface area contributed by atoms with E-state index in [2.05, 4.69) is 119 Å². The van der Waals surface area contributed by atoms with E-state index < -0.39 is 14.0 Å². The number of rotatable bonds is 8. The van der Waals surface area contributed by atoms with Gasteiger partial charge in [0.1, 0.15) is 0 Å². The summed E-state index contributed by atoms with van der Waals surface area (Å²) in [6.45, 7) is 9.41. The van der Waals surface area contributed by atoms with E-state index >= 15 is 0 Å². The number of benzene rings is 2. The number of allylic oxidation sites excluding steroid dienone is 8. The van der Waals surface area contributed by atoms with E-state index in [1.165, 1.54) is 48.0 Å². The molecule has 2 aliphatic rings. The van der Waals surface area contributed by atoms with E-state index in [1.807, 2.05) is 0 Å². The third-order valence-corrected chi connectivity index (χ3v) is 18.6. The summed E-state index contributed by atoms with van der Waals surface area (Å²) in [6, 6.07) is 22.4. The van der Waals surface area contributed by atoms with Crippen molar-refractivity contribution < 1.29 is 14.0 Å². The smallest absolute Gasteiger partial charge is 0.147 e. The van der Waals surface area contributed by atoms with Crippen molar-refractivity contribution in [2.45, 2.75) is 63.8 Å². The van der Waals surface area contributed by atoms with Crippen molar-refractivity contribution in [3.05, 3.63) is 103 Å². The zero-order valence-electron chi connectivity index (χ0n) is 22.9. The summed E-state index contributed by atoms with van der Waals surface area (Å²) in [5, 5.41) is 5.40. The van der Waals surface area contributed by atoms with Crippen LogP contribution < -0.4 is 0 Å². The van der Waals surface area contributed by atoms with E-state index in [0.717, 1.165) is 0 Å². The SMILES string of the molecule is CC(C)CC1=CC(c2ccccc2)=[C]([Ti]([CH3])([CH3])(=[SiH2])[C]2=C(c3ccccc3)C=C(CC(C)C)C2)C1.Cl.Cl. The van der Waals surface area contributed by atoms with Gasteiger partial charge in [0, 0.05) is 0 Å². The van der Waals surface area contributed by atoms with E-state index in [4.69, 9.17) is 0 Å². The molecule has 0 radical (unpaired) electrons. The van der Waals surface area contributed by atoms with Gasteiger partial charge in [-0.05, 0) is 0 Å². The summed E-state index contributed by atoms with van der Waals surface area (Å²) in [6.07, 6.45) is 9.87. The van der Waals surface area contributed by atoms with Gasteiger partial charge in [-0.1, -0.05) is 0 Å².